The number of urea groups is 1. The highest BCUT2D eigenvalue weighted by atomic mass is 16.5. The molecule has 3 N–H and O–H groups in total. The number of morpholine rings is 1. The Morgan fingerprint density at radius 2 is 1.82 bits per heavy atom. The number of amides is 2. The second kappa shape index (κ2) is 9.28. The number of benzene rings is 3. The van der Waals surface area contributed by atoms with Crippen molar-refractivity contribution in [3.63, 3.8) is 0 Å². The number of anilines is 1. The van der Waals surface area contributed by atoms with Gasteiger partial charge in [0.15, 0.2) is 5.76 Å². The molecule has 0 unspecified atom stereocenters. The SMILES string of the molecule is Cn1cc(C=C2Oc3cc(O)cc(O)c3C2=O)c2c(-c3ccc(NC(=O)N4CCOCC4)cc3)cccc21. The number of ketones is 1. The summed E-state index contributed by atoms with van der Waals surface area (Å²) in [6.07, 6.45) is 3.57. The molecule has 2 aliphatic rings. The van der Waals surface area contributed by atoms with Gasteiger partial charge in [0.1, 0.15) is 22.8 Å². The number of hydrogen-bond donors (Lipinski definition) is 3. The van der Waals surface area contributed by atoms with Crippen LogP contribution in [0.15, 0.2) is 66.6 Å². The predicted molar refractivity (Wildman–Crippen MR) is 142 cm³/mol. The van der Waals surface area contributed by atoms with E-state index in [1.807, 2.05) is 60.3 Å². The fourth-order valence-corrected chi connectivity index (χ4v) is 4.95. The van der Waals surface area contributed by atoms with Gasteiger partial charge in [-0.3, -0.25) is 4.79 Å². The monoisotopic (exact) mass is 511 g/mol. The lowest BCUT2D eigenvalue weighted by Crippen LogP contribution is -2.43. The Balaban J connectivity index is 1.33. The number of ether oxygens (including phenoxy) is 2. The molecule has 0 atom stereocenters. The number of rotatable bonds is 3. The van der Waals surface area contributed by atoms with Gasteiger partial charge in [-0.15, -0.1) is 0 Å². The molecule has 0 bridgehead atoms. The van der Waals surface area contributed by atoms with Crippen molar-refractivity contribution >= 4 is 34.5 Å². The first kappa shape index (κ1) is 23.6. The van der Waals surface area contributed by atoms with Crippen LogP contribution in [0.3, 0.4) is 0 Å². The van der Waals surface area contributed by atoms with Crippen molar-refractivity contribution in [2.75, 3.05) is 31.6 Å². The summed E-state index contributed by atoms with van der Waals surface area (Å²) in [4.78, 5) is 27.3. The minimum absolute atomic E-state index is 0.0317. The van der Waals surface area contributed by atoms with E-state index in [4.69, 9.17) is 9.47 Å². The molecular weight excluding hydrogens is 486 g/mol. The van der Waals surface area contributed by atoms with Gasteiger partial charge in [0.2, 0.25) is 5.78 Å². The van der Waals surface area contributed by atoms with Crippen LogP contribution in [0.1, 0.15) is 15.9 Å². The zero-order valence-corrected chi connectivity index (χ0v) is 20.6. The lowest BCUT2D eigenvalue weighted by atomic mass is 9.98. The first-order chi connectivity index (χ1) is 18.4. The summed E-state index contributed by atoms with van der Waals surface area (Å²) in [7, 11) is 1.92. The summed E-state index contributed by atoms with van der Waals surface area (Å²) in [5.41, 5.74) is 4.34. The minimum Gasteiger partial charge on any atom is -0.508 e. The number of hydrogen-bond acceptors (Lipinski definition) is 6. The summed E-state index contributed by atoms with van der Waals surface area (Å²) in [5.74, 6) is -0.786. The molecule has 0 spiro atoms. The number of Topliss-reactive ketones (excluding diaryl/α,β-unsaturated/α-hetero) is 1. The molecule has 0 aliphatic carbocycles. The Bertz CT molecular complexity index is 1610. The molecule has 3 aromatic carbocycles. The van der Waals surface area contributed by atoms with E-state index in [2.05, 4.69) is 5.32 Å². The Kier molecular flexibility index (Phi) is 5.77. The van der Waals surface area contributed by atoms with E-state index in [1.165, 1.54) is 6.07 Å². The summed E-state index contributed by atoms with van der Waals surface area (Å²) < 4.78 is 13.0. The van der Waals surface area contributed by atoms with E-state index in [1.54, 1.807) is 11.0 Å². The molecule has 2 amide bonds. The summed E-state index contributed by atoms with van der Waals surface area (Å²) in [5, 5.41) is 23.8. The van der Waals surface area contributed by atoms with Gasteiger partial charge >= 0.3 is 6.03 Å². The van der Waals surface area contributed by atoms with Crippen LogP contribution < -0.4 is 10.1 Å². The molecule has 0 radical (unpaired) electrons. The van der Waals surface area contributed by atoms with Crippen LogP contribution in [-0.4, -0.2) is 57.8 Å². The van der Waals surface area contributed by atoms with Crippen molar-refractivity contribution in [3.05, 3.63) is 77.7 Å². The molecule has 0 saturated carbocycles. The van der Waals surface area contributed by atoms with Crippen molar-refractivity contribution in [2.24, 2.45) is 7.05 Å². The second-order valence-electron chi connectivity index (χ2n) is 9.28. The normalized spacial score (nSPS) is 16.1. The number of aromatic nitrogens is 1. The second-order valence-corrected chi connectivity index (χ2v) is 9.28. The maximum atomic E-state index is 13.0. The third-order valence-corrected chi connectivity index (χ3v) is 6.81. The summed E-state index contributed by atoms with van der Waals surface area (Å²) in [6.45, 7) is 2.21. The first-order valence-electron chi connectivity index (χ1n) is 12.2. The number of nitrogens with zero attached hydrogens (tertiary/aromatic N) is 2. The fourth-order valence-electron chi connectivity index (χ4n) is 4.95. The average molecular weight is 512 g/mol. The standard InChI is InChI=1S/C29H25N3O6/c1-31-16-18(13-25-28(35)27-23(34)14-20(33)15-24(27)38-25)26-21(3-2-4-22(26)31)17-5-7-19(8-6-17)30-29(36)32-9-11-37-12-10-32/h2-8,13-16,33-34H,9-12H2,1H3,(H,30,36). The topological polar surface area (TPSA) is 113 Å². The van der Waals surface area contributed by atoms with Crippen LogP contribution in [0.5, 0.6) is 17.2 Å². The molecule has 9 heteroatoms. The minimum atomic E-state index is -0.452. The number of carbonyl (C=O) groups is 2. The lowest BCUT2D eigenvalue weighted by Gasteiger charge is -2.26. The van der Waals surface area contributed by atoms with Crippen LogP contribution >= 0.6 is 0 Å². The van der Waals surface area contributed by atoms with Crippen LogP contribution in [0.25, 0.3) is 28.1 Å². The van der Waals surface area contributed by atoms with E-state index in [0.29, 0.717) is 32.0 Å². The third kappa shape index (κ3) is 4.12. The number of phenols is 2. The van der Waals surface area contributed by atoms with Gasteiger partial charge in [-0.25, -0.2) is 4.79 Å². The number of aromatic hydroxyl groups is 2. The summed E-state index contributed by atoms with van der Waals surface area (Å²) >= 11 is 0. The maximum absolute atomic E-state index is 13.0. The van der Waals surface area contributed by atoms with Gasteiger partial charge in [0, 0.05) is 60.6 Å². The molecule has 6 rings (SSSR count). The maximum Gasteiger partial charge on any atom is 0.321 e. The largest absolute Gasteiger partial charge is 0.508 e. The Morgan fingerprint density at radius 1 is 1.05 bits per heavy atom. The van der Waals surface area contributed by atoms with Crippen molar-refractivity contribution in [1.29, 1.82) is 0 Å². The van der Waals surface area contributed by atoms with Crippen LogP contribution in [0.4, 0.5) is 10.5 Å². The highest BCUT2D eigenvalue weighted by Gasteiger charge is 2.31. The molecule has 2 aliphatic heterocycles. The smallest absolute Gasteiger partial charge is 0.321 e. The van der Waals surface area contributed by atoms with E-state index in [0.717, 1.165) is 33.7 Å². The Labute approximate surface area is 218 Å². The van der Waals surface area contributed by atoms with Crippen LogP contribution in [0.2, 0.25) is 0 Å². The molecule has 3 heterocycles. The van der Waals surface area contributed by atoms with Crippen LogP contribution in [-0.2, 0) is 11.8 Å². The molecule has 1 saturated heterocycles. The highest BCUT2D eigenvalue weighted by molar-refractivity contribution is 6.17. The van der Waals surface area contributed by atoms with Gasteiger partial charge < -0.3 is 34.5 Å². The third-order valence-electron chi connectivity index (χ3n) is 6.81. The van der Waals surface area contributed by atoms with E-state index < -0.39 is 5.78 Å². The van der Waals surface area contributed by atoms with E-state index in [9.17, 15) is 19.8 Å². The highest BCUT2D eigenvalue weighted by Crippen LogP contribution is 2.41. The fraction of sp³-hybridized carbons (Fsp3) is 0.172. The quantitative estimate of drug-likeness (QED) is 0.343. The van der Waals surface area contributed by atoms with Crippen molar-refractivity contribution in [2.45, 2.75) is 0 Å². The van der Waals surface area contributed by atoms with Gasteiger partial charge in [-0.2, -0.15) is 0 Å². The van der Waals surface area contributed by atoms with Crippen LogP contribution in [0, 0.1) is 0 Å². The van der Waals surface area contributed by atoms with Crippen molar-refractivity contribution < 1.29 is 29.3 Å². The average Bonchev–Trinajstić information content (AvgIpc) is 3.40. The predicted octanol–water partition coefficient (Wildman–Crippen LogP) is 4.74. The van der Waals surface area contributed by atoms with E-state index >= 15 is 0 Å². The molecule has 38 heavy (non-hydrogen) atoms. The number of carbonyl (C=O) groups excluding carboxylic acids is 2. The van der Waals surface area contributed by atoms with Crippen molar-refractivity contribution in [1.82, 2.24) is 9.47 Å². The molecule has 1 aromatic heterocycles. The Hall–Kier alpha value is -4.76. The molecule has 192 valence electrons. The Morgan fingerprint density at radius 3 is 2.58 bits per heavy atom. The molecule has 1 fully saturated rings. The number of aryl methyl sites for hydroxylation is 1. The number of nitrogens with one attached hydrogen (secondary N) is 1. The van der Waals surface area contributed by atoms with Gasteiger partial charge in [0.25, 0.3) is 0 Å². The number of phenolic OH excluding ortho intramolecular Hbond substituents is 2. The lowest BCUT2D eigenvalue weighted by molar-refractivity contribution is 0.0564. The molecular formula is C29H25N3O6. The van der Waals surface area contributed by atoms with Gasteiger partial charge in [-0.1, -0.05) is 24.3 Å². The van der Waals surface area contributed by atoms with Gasteiger partial charge in [-0.05, 0) is 35.4 Å². The molecule has 9 nitrogen and oxygen atoms in total. The zero-order chi connectivity index (χ0) is 26.4. The van der Waals surface area contributed by atoms with Crippen molar-refractivity contribution in [3.8, 4) is 28.4 Å². The zero-order valence-electron chi connectivity index (χ0n) is 20.6. The van der Waals surface area contributed by atoms with E-state index in [-0.39, 0.29) is 34.6 Å². The molecule has 4 aromatic rings. The number of allylic oxidation sites excluding steroid dienone is 1. The van der Waals surface area contributed by atoms with Gasteiger partial charge in [0.05, 0.1) is 13.2 Å². The summed E-state index contributed by atoms with van der Waals surface area (Å²) in [6, 6.07) is 15.9. The number of fused-ring (bicyclic) bond motifs is 2. The first-order valence-corrected chi connectivity index (χ1v) is 12.2.